The van der Waals surface area contributed by atoms with Crippen LogP contribution >= 0.6 is 50.7 Å². The standard InChI is InChI=1S/C9H6BrCl3N2O2/c10-5-1-3-6(4-2-5)14-8(17)15-7(16)9(11,12)13/h1-4H,(H2,14,15,16,17). The topological polar surface area (TPSA) is 58.2 Å². The maximum atomic E-state index is 11.3. The molecule has 0 unspecified atom stereocenters. The molecule has 0 fully saturated rings. The Labute approximate surface area is 121 Å². The number of rotatable bonds is 1. The summed E-state index contributed by atoms with van der Waals surface area (Å²) in [5.41, 5.74) is 0.503. The second-order valence-electron chi connectivity index (χ2n) is 2.91. The summed E-state index contributed by atoms with van der Waals surface area (Å²) in [5.74, 6) is -1.02. The Morgan fingerprint density at radius 3 is 2.12 bits per heavy atom. The molecule has 0 aliphatic carbocycles. The van der Waals surface area contributed by atoms with Crippen molar-refractivity contribution in [3.05, 3.63) is 28.7 Å². The van der Waals surface area contributed by atoms with E-state index in [2.05, 4.69) is 21.2 Å². The van der Waals surface area contributed by atoms with Crippen molar-refractivity contribution < 1.29 is 9.59 Å². The minimum absolute atomic E-state index is 0.503. The van der Waals surface area contributed by atoms with E-state index in [0.717, 1.165) is 4.47 Å². The molecule has 3 amide bonds. The molecule has 1 aromatic rings. The number of hydrogen-bond acceptors (Lipinski definition) is 2. The first-order chi connectivity index (χ1) is 7.79. The third-order valence-corrected chi connectivity index (χ3v) is 2.63. The average molecular weight is 360 g/mol. The quantitative estimate of drug-likeness (QED) is 0.754. The van der Waals surface area contributed by atoms with Crippen molar-refractivity contribution in [1.82, 2.24) is 5.32 Å². The third-order valence-electron chi connectivity index (χ3n) is 1.59. The molecule has 0 saturated carbocycles. The lowest BCUT2D eigenvalue weighted by Crippen LogP contribution is -2.41. The molecule has 8 heteroatoms. The molecule has 1 rings (SSSR count). The second-order valence-corrected chi connectivity index (χ2v) is 6.11. The van der Waals surface area contributed by atoms with E-state index >= 15 is 0 Å². The van der Waals surface area contributed by atoms with Gasteiger partial charge in [0.1, 0.15) is 0 Å². The fourth-order valence-electron chi connectivity index (χ4n) is 0.870. The van der Waals surface area contributed by atoms with Crippen LogP contribution in [0.15, 0.2) is 28.7 Å². The Kier molecular flexibility index (Phi) is 5.06. The lowest BCUT2D eigenvalue weighted by Gasteiger charge is -2.11. The van der Waals surface area contributed by atoms with E-state index in [1.165, 1.54) is 0 Å². The van der Waals surface area contributed by atoms with Gasteiger partial charge in [-0.25, -0.2) is 4.79 Å². The van der Waals surface area contributed by atoms with Crippen LogP contribution in [0.1, 0.15) is 0 Å². The van der Waals surface area contributed by atoms with Gasteiger partial charge in [-0.05, 0) is 24.3 Å². The molecule has 0 aliphatic heterocycles. The fraction of sp³-hybridized carbons (Fsp3) is 0.111. The van der Waals surface area contributed by atoms with Gasteiger partial charge in [0.15, 0.2) is 0 Å². The number of imide groups is 1. The van der Waals surface area contributed by atoms with Gasteiger partial charge in [0, 0.05) is 10.2 Å². The number of halogens is 4. The minimum atomic E-state index is -2.17. The van der Waals surface area contributed by atoms with E-state index in [-0.39, 0.29) is 0 Å². The first kappa shape index (κ1) is 14.6. The van der Waals surface area contributed by atoms with Crippen molar-refractivity contribution in [3.63, 3.8) is 0 Å². The molecule has 0 aliphatic rings. The van der Waals surface area contributed by atoms with Crippen LogP contribution in [0.5, 0.6) is 0 Å². The Morgan fingerprint density at radius 1 is 1.12 bits per heavy atom. The molecule has 0 radical (unpaired) electrons. The molecule has 0 atom stereocenters. The molecule has 17 heavy (non-hydrogen) atoms. The highest BCUT2D eigenvalue weighted by Gasteiger charge is 2.31. The van der Waals surface area contributed by atoms with Gasteiger partial charge in [0.2, 0.25) is 0 Å². The third kappa shape index (κ3) is 5.12. The number of benzene rings is 1. The van der Waals surface area contributed by atoms with Crippen LogP contribution in [-0.4, -0.2) is 15.7 Å². The van der Waals surface area contributed by atoms with Crippen molar-refractivity contribution in [2.24, 2.45) is 0 Å². The summed E-state index contributed by atoms with van der Waals surface area (Å²) >= 11 is 19.1. The van der Waals surface area contributed by atoms with Crippen molar-refractivity contribution in [1.29, 1.82) is 0 Å². The van der Waals surface area contributed by atoms with Crippen LogP contribution < -0.4 is 10.6 Å². The van der Waals surface area contributed by atoms with Crippen molar-refractivity contribution in [2.75, 3.05) is 5.32 Å². The summed E-state index contributed by atoms with van der Waals surface area (Å²) in [4.78, 5) is 22.5. The lowest BCUT2D eigenvalue weighted by atomic mass is 10.3. The number of nitrogens with one attached hydrogen (secondary N) is 2. The van der Waals surface area contributed by atoms with Gasteiger partial charge < -0.3 is 5.32 Å². The number of carbonyl (C=O) groups is 2. The fourth-order valence-corrected chi connectivity index (χ4v) is 1.28. The SMILES string of the molecule is O=C(NC(=O)C(Cl)(Cl)Cl)Nc1ccc(Br)cc1. The molecular formula is C9H6BrCl3N2O2. The van der Waals surface area contributed by atoms with Crippen LogP contribution in [0.2, 0.25) is 0 Å². The summed E-state index contributed by atoms with van der Waals surface area (Å²) in [7, 11) is 0. The van der Waals surface area contributed by atoms with Crippen molar-refractivity contribution >= 4 is 68.4 Å². The number of carbonyl (C=O) groups excluding carboxylic acids is 2. The Hall–Kier alpha value is -0.490. The number of anilines is 1. The molecule has 0 aromatic heterocycles. The maximum Gasteiger partial charge on any atom is 0.326 e. The predicted octanol–water partition coefficient (Wildman–Crippen LogP) is 3.47. The van der Waals surface area contributed by atoms with Crippen LogP contribution in [0.4, 0.5) is 10.5 Å². The van der Waals surface area contributed by atoms with Crippen molar-refractivity contribution in [2.45, 2.75) is 3.79 Å². The average Bonchev–Trinajstić information content (AvgIpc) is 2.20. The second kappa shape index (κ2) is 5.91. The van der Waals surface area contributed by atoms with E-state index in [9.17, 15) is 9.59 Å². The van der Waals surface area contributed by atoms with Crippen LogP contribution in [-0.2, 0) is 4.79 Å². The highest BCUT2D eigenvalue weighted by molar-refractivity contribution is 9.10. The van der Waals surface area contributed by atoms with Gasteiger partial charge in [0.25, 0.3) is 9.70 Å². The largest absolute Gasteiger partial charge is 0.326 e. The Morgan fingerprint density at radius 2 is 1.65 bits per heavy atom. The summed E-state index contributed by atoms with van der Waals surface area (Å²) in [6, 6.07) is 5.97. The van der Waals surface area contributed by atoms with E-state index < -0.39 is 15.7 Å². The molecule has 0 bridgehead atoms. The van der Waals surface area contributed by atoms with Gasteiger partial charge in [0.05, 0.1) is 0 Å². The first-order valence-corrected chi connectivity index (χ1v) is 6.16. The first-order valence-electron chi connectivity index (χ1n) is 4.24. The zero-order valence-electron chi connectivity index (χ0n) is 8.14. The van der Waals surface area contributed by atoms with Crippen molar-refractivity contribution in [3.8, 4) is 0 Å². The van der Waals surface area contributed by atoms with Crippen LogP contribution in [0.3, 0.4) is 0 Å². The number of hydrogen-bond donors (Lipinski definition) is 2. The molecule has 1 aromatic carbocycles. The molecule has 2 N–H and O–H groups in total. The van der Waals surface area contributed by atoms with Crippen LogP contribution in [0, 0.1) is 0 Å². The van der Waals surface area contributed by atoms with E-state index in [1.807, 2.05) is 5.32 Å². The summed E-state index contributed by atoms with van der Waals surface area (Å²) in [5, 5.41) is 4.29. The highest BCUT2D eigenvalue weighted by atomic mass is 79.9. The summed E-state index contributed by atoms with van der Waals surface area (Å²) in [6.07, 6.45) is 0. The van der Waals surface area contributed by atoms with E-state index in [0.29, 0.717) is 5.69 Å². The summed E-state index contributed by atoms with van der Waals surface area (Å²) < 4.78 is -1.31. The number of amides is 3. The zero-order chi connectivity index (χ0) is 13.1. The molecule has 0 saturated heterocycles. The number of alkyl halides is 3. The Bertz CT molecular complexity index is 431. The van der Waals surface area contributed by atoms with Crippen LogP contribution in [0.25, 0.3) is 0 Å². The van der Waals surface area contributed by atoms with Gasteiger partial charge in [-0.15, -0.1) is 0 Å². The number of urea groups is 1. The highest BCUT2D eigenvalue weighted by Crippen LogP contribution is 2.25. The molecule has 0 heterocycles. The van der Waals surface area contributed by atoms with Gasteiger partial charge in [-0.3, -0.25) is 10.1 Å². The summed E-state index contributed by atoms with van der Waals surface area (Å²) in [6.45, 7) is 0. The van der Waals surface area contributed by atoms with E-state index in [4.69, 9.17) is 34.8 Å². The van der Waals surface area contributed by atoms with Gasteiger partial charge in [-0.1, -0.05) is 50.7 Å². The predicted molar refractivity (Wildman–Crippen MR) is 71.6 cm³/mol. The van der Waals surface area contributed by atoms with E-state index in [1.54, 1.807) is 24.3 Å². The Balaban J connectivity index is 2.56. The molecular weight excluding hydrogens is 354 g/mol. The minimum Gasteiger partial charge on any atom is -0.308 e. The zero-order valence-corrected chi connectivity index (χ0v) is 12.0. The van der Waals surface area contributed by atoms with Gasteiger partial charge in [-0.2, -0.15) is 0 Å². The normalized spacial score (nSPS) is 10.8. The van der Waals surface area contributed by atoms with Gasteiger partial charge >= 0.3 is 6.03 Å². The molecule has 0 spiro atoms. The monoisotopic (exact) mass is 358 g/mol. The maximum absolute atomic E-state index is 11.3. The smallest absolute Gasteiger partial charge is 0.308 e. The molecule has 92 valence electrons. The lowest BCUT2D eigenvalue weighted by molar-refractivity contribution is -0.119. The molecule has 4 nitrogen and oxygen atoms in total.